The summed E-state index contributed by atoms with van der Waals surface area (Å²) in [6.07, 6.45) is 6.69. The fraction of sp³-hybridized carbons (Fsp3) is 0.560. The average molecular weight is 460 g/mol. The summed E-state index contributed by atoms with van der Waals surface area (Å²) >= 11 is 1.48. The predicted octanol–water partition coefficient (Wildman–Crippen LogP) is 4.78. The van der Waals surface area contributed by atoms with Crippen LogP contribution in [0, 0.1) is 5.92 Å². The summed E-state index contributed by atoms with van der Waals surface area (Å²) in [6.45, 7) is 4.86. The lowest BCUT2D eigenvalue weighted by molar-refractivity contribution is -0.147. The Hall–Kier alpha value is -2.28. The SMILES string of the molecule is CC(C)CC=C1CCC2(CC1)SC(CC(=O)O)C(=O)N2CCC(=O)OCc1ccccc1. The van der Waals surface area contributed by atoms with E-state index in [9.17, 15) is 19.5 Å². The third-order valence-electron chi connectivity index (χ3n) is 6.09. The van der Waals surface area contributed by atoms with Crippen molar-refractivity contribution >= 4 is 29.6 Å². The molecule has 1 aromatic carbocycles. The third-order valence-corrected chi connectivity index (χ3v) is 7.81. The molecule has 0 radical (unpaired) electrons. The summed E-state index contributed by atoms with van der Waals surface area (Å²) in [5.41, 5.74) is 2.33. The van der Waals surface area contributed by atoms with Crippen molar-refractivity contribution < 1.29 is 24.2 Å². The maximum atomic E-state index is 13.1. The second-order valence-corrected chi connectivity index (χ2v) is 10.6. The van der Waals surface area contributed by atoms with Gasteiger partial charge in [0.05, 0.1) is 23.0 Å². The van der Waals surface area contributed by atoms with Gasteiger partial charge in [0.2, 0.25) is 5.91 Å². The maximum absolute atomic E-state index is 13.1. The van der Waals surface area contributed by atoms with E-state index in [0.717, 1.165) is 37.7 Å². The Kier molecular flexibility index (Phi) is 8.40. The highest BCUT2D eigenvalue weighted by atomic mass is 32.2. The Bertz CT molecular complexity index is 841. The van der Waals surface area contributed by atoms with Crippen LogP contribution in [0.3, 0.4) is 0 Å². The van der Waals surface area contributed by atoms with Crippen LogP contribution in [0.25, 0.3) is 0 Å². The Morgan fingerprint density at radius 3 is 2.56 bits per heavy atom. The van der Waals surface area contributed by atoms with Crippen LogP contribution in [-0.4, -0.2) is 44.5 Å². The molecule has 0 aromatic heterocycles. The molecule has 2 fully saturated rings. The number of amides is 1. The monoisotopic (exact) mass is 459 g/mol. The zero-order valence-electron chi connectivity index (χ0n) is 18.9. The number of benzene rings is 1. The lowest BCUT2D eigenvalue weighted by Gasteiger charge is -2.41. The molecule has 1 N–H and O–H groups in total. The van der Waals surface area contributed by atoms with Crippen LogP contribution in [-0.2, 0) is 25.7 Å². The number of carboxylic acids is 1. The number of carbonyl (C=O) groups is 3. The van der Waals surface area contributed by atoms with Crippen LogP contribution in [0.4, 0.5) is 0 Å². The van der Waals surface area contributed by atoms with Gasteiger partial charge in [-0.2, -0.15) is 0 Å². The van der Waals surface area contributed by atoms with Crippen molar-refractivity contribution in [1.29, 1.82) is 0 Å². The molecule has 7 heteroatoms. The maximum Gasteiger partial charge on any atom is 0.307 e. The minimum atomic E-state index is -0.969. The fourth-order valence-corrected chi connectivity index (χ4v) is 6.06. The highest BCUT2D eigenvalue weighted by molar-refractivity contribution is 8.02. The van der Waals surface area contributed by atoms with Gasteiger partial charge in [0.15, 0.2) is 0 Å². The Morgan fingerprint density at radius 2 is 1.94 bits per heavy atom. The number of hydrogen-bond donors (Lipinski definition) is 1. The van der Waals surface area contributed by atoms with Crippen LogP contribution in [0.1, 0.15) is 64.4 Å². The number of carboxylic acid groups (broad SMARTS) is 1. The lowest BCUT2D eigenvalue weighted by atomic mass is 9.87. The molecule has 3 rings (SSSR count). The van der Waals surface area contributed by atoms with Gasteiger partial charge < -0.3 is 14.7 Å². The van der Waals surface area contributed by atoms with E-state index in [-0.39, 0.29) is 37.9 Å². The number of esters is 1. The molecule has 2 aliphatic rings. The van der Waals surface area contributed by atoms with Gasteiger partial charge in [-0.15, -0.1) is 11.8 Å². The van der Waals surface area contributed by atoms with Crippen molar-refractivity contribution in [3.63, 3.8) is 0 Å². The van der Waals surface area contributed by atoms with Crippen LogP contribution in [0.2, 0.25) is 0 Å². The van der Waals surface area contributed by atoms with Crippen molar-refractivity contribution in [2.75, 3.05) is 6.54 Å². The number of allylic oxidation sites excluding steroid dienone is 2. The Balaban J connectivity index is 1.63. The van der Waals surface area contributed by atoms with Gasteiger partial charge >= 0.3 is 11.9 Å². The predicted molar refractivity (Wildman–Crippen MR) is 125 cm³/mol. The molecule has 174 valence electrons. The summed E-state index contributed by atoms with van der Waals surface area (Å²) in [4.78, 5) is 38.1. The zero-order chi connectivity index (χ0) is 23.1. The van der Waals surface area contributed by atoms with E-state index in [0.29, 0.717) is 5.92 Å². The normalized spacial score (nSPS) is 23.1. The fourth-order valence-electron chi connectivity index (χ4n) is 4.32. The van der Waals surface area contributed by atoms with E-state index in [1.807, 2.05) is 30.3 Å². The van der Waals surface area contributed by atoms with Crippen molar-refractivity contribution in [2.24, 2.45) is 5.92 Å². The minimum Gasteiger partial charge on any atom is -0.481 e. The first-order valence-corrected chi connectivity index (χ1v) is 12.3. The van der Waals surface area contributed by atoms with Crippen molar-refractivity contribution in [2.45, 2.75) is 75.5 Å². The first-order chi connectivity index (χ1) is 15.3. The molecule has 1 aliphatic carbocycles. The van der Waals surface area contributed by atoms with Crippen molar-refractivity contribution in [1.82, 2.24) is 4.90 Å². The Morgan fingerprint density at radius 1 is 1.25 bits per heavy atom. The summed E-state index contributed by atoms with van der Waals surface area (Å²) in [6, 6.07) is 9.48. The van der Waals surface area contributed by atoms with Crippen LogP contribution >= 0.6 is 11.8 Å². The van der Waals surface area contributed by atoms with Gasteiger partial charge in [0.1, 0.15) is 6.61 Å². The smallest absolute Gasteiger partial charge is 0.307 e. The number of thioether (sulfide) groups is 1. The summed E-state index contributed by atoms with van der Waals surface area (Å²) in [5, 5.41) is 8.67. The highest BCUT2D eigenvalue weighted by Gasteiger charge is 2.52. The molecular formula is C25H33NO5S. The van der Waals surface area contributed by atoms with Crippen molar-refractivity contribution in [3.05, 3.63) is 47.5 Å². The number of carbonyl (C=O) groups excluding carboxylic acids is 2. The molecule has 1 atom stereocenters. The summed E-state index contributed by atoms with van der Waals surface area (Å²) in [5.74, 6) is -0.873. The van der Waals surface area contributed by atoms with E-state index >= 15 is 0 Å². The molecule has 1 saturated heterocycles. The van der Waals surface area contributed by atoms with Gasteiger partial charge in [-0.05, 0) is 43.6 Å². The number of ether oxygens (including phenoxy) is 1. The Labute approximate surface area is 194 Å². The molecule has 6 nitrogen and oxygen atoms in total. The van der Waals surface area contributed by atoms with Crippen LogP contribution < -0.4 is 0 Å². The third kappa shape index (κ3) is 6.37. The minimum absolute atomic E-state index is 0.108. The molecule has 32 heavy (non-hydrogen) atoms. The number of hydrogen-bond acceptors (Lipinski definition) is 5. The summed E-state index contributed by atoms with van der Waals surface area (Å²) < 4.78 is 5.37. The molecule has 1 spiro atoms. The van der Waals surface area contributed by atoms with E-state index in [1.54, 1.807) is 4.90 Å². The number of rotatable bonds is 9. The summed E-state index contributed by atoms with van der Waals surface area (Å²) in [7, 11) is 0. The number of nitrogens with zero attached hydrogens (tertiary/aromatic N) is 1. The quantitative estimate of drug-likeness (QED) is 0.423. The van der Waals surface area contributed by atoms with Crippen molar-refractivity contribution in [3.8, 4) is 0 Å². The largest absolute Gasteiger partial charge is 0.481 e. The molecular weight excluding hydrogens is 426 g/mol. The van der Waals surface area contributed by atoms with E-state index < -0.39 is 16.1 Å². The molecule has 1 heterocycles. The second-order valence-electron chi connectivity index (χ2n) is 9.03. The van der Waals surface area contributed by atoms with Crippen LogP contribution in [0.5, 0.6) is 0 Å². The average Bonchev–Trinajstić information content (AvgIpc) is 3.01. The van der Waals surface area contributed by atoms with E-state index in [4.69, 9.17) is 4.74 Å². The first-order valence-electron chi connectivity index (χ1n) is 11.4. The molecule has 1 saturated carbocycles. The second kappa shape index (κ2) is 11.0. The molecule has 1 aromatic rings. The molecule has 1 unspecified atom stereocenters. The lowest BCUT2D eigenvalue weighted by Crippen LogP contribution is -2.47. The first kappa shape index (κ1) is 24.4. The van der Waals surface area contributed by atoms with E-state index in [1.165, 1.54) is 17.3 Å². The van der Waals surface area contributed by atoms with Gasteiger partial charge in [0.25, 0.3) is 0 Å². The van der Waals surface area contributed by atoms with Crippen LogP contribution in [0.15, 0.2) is 42.0 Å². The van der Waals surface area contributed by atoms with Gasteiger partial charge in [0, 0.05) is 6.54 Å². The van der Waals surface area contributed by atoms with Gasteiger partial charge in [-0.25, -0.2) is 0 Å². The molecule has 1 aliphatic heterocycles. The highest BCUT2D eigenvalue weighted by Crippen LogP contribution is 2.52. The molecule has 0 bridgehead atoms. The van der Waals surface area contributed by atoms with Gasteiger partial charge in [-0.3, -0.25) is 14.4 Å². The number of aliphatic carboxylic acids is 1. The van der Waals surface area contributed by atoms with E-state index in [2.05, 4.69) is 19.9 Å². The topological polar surface area (TPSA) is 83.9 Å². The van der Waals surface area contributed by atoms with Gasteiger partial charge in [-0.1, -0.05) is 55.8 Å². The zero-order valence-corrected chi connectivity index (χ0v) is 19.7. The molecule has 1 amide bonds. The standard InChI is InChI=1S/C25H33NO5S/c1-18(2)8-9-19-10-13-25(14-11-19)26(24(30)21(32-25)16-22(27)28)15-12-23(29)31-17-20-6-4-3-5-7-20/h3-7,9,18,21H,8,10-17H2,1-2H3,(H,27,28).